The van der Waals surface area contributed by atoms with Crippen molar-refractivity contribution in [2.24, 2.45) is 0 Å². The van der Waals surface area contributed by atoms with Crippen molar-refractivity contribution in [2.75, 3.05) is 20.7 Å². The van der Waals surface area contributed by atoms with Gasteiger partial charge in [-0.25, -0.2) is 0 Å². The van der Waals surface area contributed by atoms with Gasteiger partial charge in [0.05, 0.1) is 6.61 Å². The zero-order valence-corrected chi connectivity index (χ0v) is 18.1. The van der Waals surface area contributed by atoms with Crippen molar-refractivity contribution in [2.45, 2.75) is 25.8 Å². The van der Waals surface area contributed by atoms with E-state index in [4.69, 9.17) is 4.74 Å². The largest absolute Gasteiger partial charge is 0.493 e. The molecule has 0 saturated carbocycles. The smallest absolute Gasteiger partial charge is 0.127 e. The van der Waals surface area contributed by atoms with Crippen LogP contribution in [0.2, 0.25) is 0 Å². The number of hydrogen-bond donors (Lipinski definition) is 0. The van der Waals surface area contributed by atoms with Crippen molar-refractivity contribution in [3.63, 3.8) is 0 Å². The fourth-order valence-electron chi connectivity index (χ4n) is 3.48. The summed E-state index contributed by atoms with van der Waals surface area (Å²) < 4.78 is 6.17. The van der Waals surface area contributed by atoms with Crippen molar-refractivity contribution < 1.29 is 4.74 Å². The molecule has 0 aromatic heterocycles. The minimum atomic E-state index is 0. The third-order valence-corrected chi connectivity index (χ3v) is 4.82. The minimum absolute atomic E-state index is 0. The Bertz CT molecular complexity index is 826. The van der Waals surface area contributed by atoms with Crippen LogP contribution >= 0.6 is 24.0 Å². The number of nitrogens with zero attached hydrogens (tertiary/aromatic N) is 1. The summed E-state index contributed by atoms with van der Waals surface area (Å²) >= 11 is 0. The Hall–Kier alpha value is -1.59. The molecule has 1 unspecified atom stereocenters. The van der Waals surface area contributed by atoms with Gasteiger partial charge in [-0.3, -0.25) is 0 Å². The number of ether oxygens (including phenoxy) is 1. The standard InChI is InChI=1S/C23H27NO.HI/c1-4-18-10-5-7-13-20(18)22(24(2)3)16-17-25-23-15-9-12-19-11-6-8-14-21(19)23;/h5-15,22H,4,16-17H2,1-3H3;1H. The normalized spacial score (nSPS) is 12.0. The maximum absolute atomic E-state index is 6.17. The molecule has 0 aliphatic heterocycles. The monoisotopic (exact) mass is 461 g/mol. The van der Waals surface area contributed by atoms with E-state index in [1.807, 2.05) is 0 Å². The quantitative estimate of drug-likeness (QED) is 0.395. The van der Waals surface area contributed by atoms with Gasteiger partial charge in [-0.2, -0.15) is 0 Å². The summed E-state index contributed by atoms with van der Waals surface area (Å²) in [6, 6.07) is 23.7. The lowest BCUT2D eigenvalue weighted by atomic mass is 9.96. The van der Waals surface area contributed by atoms with Crippen LogP contribution in [0.3, 0.4) is 0 Å². The molecule has 3 aromatic rings. The summed E-state index contributed by atoms with van der Waals surface area (Å²) in [5.74, 6) is 0.972. The Kier molecular flexibility index (Phi) is 7.91. The van der Waals surface area contributed by atoms with Crippen LogP contribution in [-0.4, -0.2) is 25.6 Å². The number of fused-ring (bicyclic) bond motifs is 1. The molecule has 0 amide bonds. The van der Waals surface area contributed by atoms with E-state index >= 15 is 0 Å². The van der Waals surface area contributed by atoms with Gasteiger partial charge < -0.3 is 9.64 Å². The molecule has 1 atom stereocenters. The second-order valence-corrected chi connectivity index (χ2v) is 6.65. The summed E-state index contributed by atoms with van der Waals surface area (Å²) in [6.45, 7) is 2.92. The predicted molar refractivity (Wildman–Crippen MR) is 122 cm³/mol. The third kappa shape index (κ3) is 4.77. The van der Waals surface area contributed by atoms with E-state index in [2.05, 4.69) is 92.6 Å². The first kappa shape index (κ1) is 20.7. The molecular weight excluding hydrogens is 433 g/mol. The molecule has 0 bridgehead atoms. The molecule has 0 N–H and O–H groups in total. The van der Waals surface area contributed by atoms with Crippen LogP contribution in [-0.2, 0) is 6.42 Å². The fourth-order valence-corrected chi connectivity index (χ4v) is 3.48. The molecule has 0 heterocycles. The Morgan fingerprint density at radius 3 is 2.35 bits per heavy atom. The van der Waals surface area contributed by atoms with Gasteiger partial charge in [-0.1, -0.05) is 67.6 Å². The first-order valence-electron chi connectivity index (χ1n) is 9.05. The molecule has 3 heteroatoms. The summed E-state index contributed by atoms with van der Waals surface area (Å²) in [5.41, 5.74) is 2.84. The van der Waals surface area contributed by atoms with E-state index in [-0.39, 0.29) is 24.0 Å². The summed E-state index contributed by atoms with van der Waals surface area (Å²) in [7, 11) is 4.30. The van der Waals surface area contributed by atoms with Gasteiger partial charge in [-0.05, 0) is 43.1 Å². The van der Waals surface area contributed by atoms with E-state index in [0.29, 0.717) is 12.6 Å². The van der Waals surface area contributed by atoms with Gasteiger partial charge in [0.2, 0.25) is 0 Å². The van der Waals surface area contributed by atoms with Crippen LogP contribution in [0.5, 0.6) is 5.75 Å². The molecule has 138 valence electrons. The molecule has 0 spiro atoms. The van der Waals surface area contributed by atoms with E-state index in [9.17, 15) is 0 Å². The Morgan fingerprint density at radius 2 is 1.58 bits per heavy atom. The van der Waals surface area contributed by atoms with E-state index < -0.39 is 0 Å². The average Bonchev–Trinajstić information content (AvgIpc) is 2.65. The molecule has 0 saturated heterocycles. The molecule has 3 rings (SSSR count). The van der Waals surface area contributed by atoms with Gasteiger partial charge in [-0.15, -0.1) is 24.0 Å². The van der Waals surface area contributed by atoms with Crippen molar-refractivity contribution >= 4 is 34.7 Å². The highest BCUT2D eigenvalue weighted by Gasteiger charge is 2.17. The Morgan fingerprint density at radius 1 is 0.885 bits per heavy atom. The number of benzene rings is 3. The second-order valence-electron chi connectivity index (χ2n) is 6.65. The Balaban J connectivity index is 0.00000243. The van der Waals surface area contributed by atoms with Gasteiger partial charge in [0.15, 0.2) is 0 Å². The minimum Gasteiger partial charge on any atom is -0.493 e. The van der Waals surface area contributed by atoms with Crippen LogP contribution in [0.25, 0.3) is 10.8 Å². The second kappa shape index (κ2) is 9.93. The summed E-state index contributed by atoms with van der Waals surface area (Å²) in [6.07, 6.45) is 2.03. The van der Waals surface area contributed by atoms with Crippen LogP contribution < -0.4 is 4.74 Å². The lowest BCUT2D eigenvalue weighted by Gasteiger charge is -2.27. The van der Waals surface area contributed by atoms with Crippen LogP contribution in [0, 0.1) is 0 Å². The molecular formula is C23H28INO. The first-order valence-corrected chi connectivity index (χ1v) is 9.05. The molecule has 0 fully saturated rings. The van der Waals surface area contributed by atoms with Gasteiger partial charge in [0, 0.05) is 17.8 Å². The van der Waals surface area contributed by atoms with Gasteiger partial charge >= 0.3 is 0 Å². The molecule has 26 heavy (non-hydrogen) atoms. The lowest BCUT2D eigenvalue weighted by molar-refractivity contribution is 0.224. The molecule has 2 nitrogen and oxygen atoms in total. The zero-order chi connectivity index (χ0) is 17.6. The number of hydrogen-bond acceptors (Lipinski definition) is 2. The van der Waals surface area contributed by atoms with E-state index in [0.717, 1.165) is 18.6 Å². The summed E-state index contributed by atoms with van der Waals surface area (Å²) in [4.78, 5) is 2.29. The molecule has 0 radical (unpaired) electrons. The Labute approximate surface area is 174 Å². The molecule has 3 aromatic carbocycles. The van der Waals surface area contributed by atoms with Crippen LogP contribution in [0.15, 0.2) is 66.7 Å². The van der Waals surface area contributed by atoms with E-state index in [1.54, 1.807) is 0 Å². The molecule has 0 aliphatic rings. The lowest BCUT2D eigenvalue weighted by Crippen LogP contribution is -2.23. The van der Waals surface area contributed by atoms with Crippen LogP contribution in [0.4, 0.5) is 0 Å². The SMILES string of the molecule is CCc1ccccc1C(CCOc1cccc2ccccc12)N(C)C.I. The maximum Gasteiger partial charge on any atom is 0.127 e. The predicted octanol–water partition coefficient (Wildman–Crippen LogP) is 6.09. The molecule has 0 aliphatic carbocycles. The first-order chi connectivity index (χ1) is 12.2. The number of aryl methyl sites for hydroxylation is 1. The van der Waals surface area contributed by atoms with Crippen molar-refractivity contribution in [3.8, 4) is 5.75 Å². The zero-order valence-electron chi connectivity index (χ0n) is 15.8. The maximum atomic E-state index is 6.17. The van der Waals surface area contributed by atoms with Gasteiger partial charge in [0.1, 0.15) is 5.75 Å². The highest BCUT2D eigenvalue weighted by molar-refractivity contribution is 14.0. The van der Waals surface area contributed by atoms with Gasteiger partial charge in [0.25, 0.3) is 0 Å². The third-order valence-electron chi connectivity index (χ3n) is 4.82. The number of rotatable bonds is 7. The topological polar surface area (TPSA) is 12.5 Å². The highest BCUT2D eigenvalue weighted by Crippen LogP contribution is 2.28. The average molecular weight is 461 g/mol. The number of halogens is 1. The van der Waals surface area contributed by atoms with Crippen molar-refractivity contribution in [3.05, 3.63) is 77.9 Å². The van der Waals surface area contributed by atoms with Crippen molar-refractivity contribution in [1.82, 2.24) is 4.90 Å². The van der Waals surface area contributed by atoms with E-state index in [1.165, 1.54) is 21.9 Å². The van der Waals surface area contributed by atoms with Crippen molar-refractivity contribution in [1.29, 1.82) is 0 Å². The summed E-state index contributed by atoms with van der Waals surface area (Å²) in [5, 5.41) is 2.40. The van der Waals surface area contributed by atoms with Crippen LogP contribution in [0.1, 0.15) is 30.5 Å². The fraction of sp³-hybridized carbons (Fsp3) is 0.304. The highest BCUT2D eigenvalue weighted by atomic mass is 127.